The van der Waals surface area contributed by atoms with Crippen molar-refractivity contribution in [3.05, 3.63) is 216 Å². The molecule has 0 spiro atoms. The van der Waals surface area contributed by atoms with Crippen LogP contribution in [0.5, 0.6) is 0 Å². The molecule has 0 N–H and O–H groups in total. The average molecular weight is 793 g/mol. The first-order valence-electron chi connectivity index (χ1n) is 21.9. The van der Waals surface area contributed by atoms with Gasteiger partial charge >= 0.3 is 0 Å². The summed E-state index contributed by atoms with van der Waals surface area (Å²) in [5.41, 5.74) is 22.8. The van der Waals surface area contributed by atoms with Crippen LogP contribution in [0.1, 0.15) is 49.9 Å². The summed E-state index contributed by atoms with van der Waals surface area (Å²) in [5, 5.41) is 5.06. The highest BCUT2D eigenvalue weighted by molar-refractivity contribution is 6.13. The summed E-state index contributed by atoms with van der Waals surface area (Å²) in [5.74, 6) is 0. The number of nitrogens with zero attached hydrogens (tertiary/aromatic N) is 2. The molecule has 9 aromatic carbocycles. The van der Waals surface area contributed by atoms with Crippen LogP contribution in [0.2, 0.25) is 0 Å². The Kier molecular flexibility index (Phi) is 7.16. The van der Waals surface area contributed by atoms with Gasteiger partial charge < -0.3 is 9.13 Å². The van der Waals surface area contributed by atoms with Gasteiger partial charge in [-0.25, -0.2) is 0 Å². The molecule has 2 aliphatic rings. The standard InChI is InChI=1S/C60H44N2/c1-59(2)51-25-13-9-22-46(51)58-42(23-16-26-52(58)59)39-31-38(37-29-30-56-48(34-37)44-20-10-14-27-54(44)61(56)40-17-6-5-7-18-40)32-41(33-39)62-55-28-15-11-21-45(55)49-35-47-43-19-8-12-24-50(43)60(3,4)53(47)36-57(49)62/h5-36H,1-4H3. The zero-order chi connectivity index (χ0) is 41.5. The molecule has 11 aromatic rings. The lowest BCUT2D eigenvalue weighted by Crippen LogP contribution is -2.15. The van der Waals surface area contributed by atoms with Gasteiger partial charge in [-0.15, -0.1) is 0 Å². The van der Waals surface area contributed by atoms with Crippen molar-refractivity contribution in [1.29, 1.82) is 0 Å². The maximum atomic E-state index is 2.54. The smallest absolute Gasteiger partial charge is 0.0544 e. The van der Waals surface area contributed by atoms with Gasteiger partial charge in [0.05, 0.1) is 22.1 Å². The molecular formula is C60H44N2. The van der Waals surface area contributed by atoms with Crippen LogP contribution in [0.15, 0.2) is 194 Å². The van der Waals surface area contributed by atoms with Gasteiger partial charge in [-0.05, 0) is 133 Å². The highest BCUT2D eigenvalue weighted by atomic mass is 15.0. The predicted molar refractivity (Wildman–Crippen MR) is 261 cm³/mol. The monoisotopic (exact) mass is 792 g/mol. The molecule has 0 atom stereocenters. The van der Waals surface area contributed by atoms with Crippen molar-refractivity contribution in [2.24, 2.45) is 0 Å². The van der Waals surface area contributed by atoms with E-state index in [1.807, 2.05) is 0 Å². The van der Waals surface area contributed by atoms with Gasteiger partial charge in [0.2, 0.25) is 0 Å². The van der Waals surface area contributed by atoms with E-state index < -0.39 is 0 Å². The molecule has 0 amide bonds. The molecule has 0 radical (unpaired) electrons. The molecule has 2 aromatic heterocycles. The molecule has 2 heterocycles. The number of para-hydroxylation sites is 3. The first-order valence-corrected chi connectivity index (χ1v) is 21.9. The number of hydrogen-bond acceptors (Lipinski definition) is 0. The van der Waals surface area contributed by atoms with E-state index in [0.29, 0.717) is 0 Å². The van der Waals surface area contributed by atoms with Crippen molar-refractivity contribution in [3.63, 3.8) is 0 Å². The Labute approximate surface area is 362 Å². The van der Waals surface area contributed by atoms with Gasteiger partial charge in [0.25, 0.3) is 0 Å². The summed E-state index contributed by atoms with van der Waals surface area (Å²) in [7, 11) is 0. The molecule has 294 valence electrons. The fraction of sp³-hybridized carbons (Fsp3) is 0.100. The summed E-state index contributed by atoms with van der Waals surface area (Å²) >= 11 is 0. The lowest BCUT2D eigenvalue weighted by atomic mass is 9.82. The molecule has 2 nitrogen and oxygen atoms in total. The van der Waals surface area contributed by atoms with E-state index in [2.05, 4.69) is 231 Å². The lowest BCUT2D eigenvalue weighted by Gasteiger charge is -2.22. The first kappa shape index (κ1) is 35.3. The zero-order valence-electron chi connectivity index (χ0n) is 35.4. The summed E-state index contributed by atoms with van der Waals surface area (Å²) < 4.78 is 4.94. The third-order valence-electron chi connectivity index (χ3n) is 14.5. The Morgan fingerprint density at radius 3 is 1.60 bits per heavy atom. The Hall–Kier alpha value is -7.42. The van der Waals surface area contributed by atoms with Crippen LogP contribution >= 0.6 is 0 Å². The van der Waals surface area contributed by atoms with Crippen LogP contribution in [0, 0.1) is 0 Å². The van der Waals surface area contributed by atoms with E-state index in [9.17, 15) is 0 Å². The van der Waals surface area contributed by atoms with Crippen molar-refractivity contribution in [2.45, 2.75) is 38.5 Å². The van der Waals surface area contributed by atoms with Crippen molar-refractivity contribution >= 4 is 43.6 Å². The quantitative estimate of drug-likeness (QED) is 0.168. The van der Waals surface area contributed by atoms with Gasteiger partial charge in [-0.3, -0.25) is 0 Å². The van der Waals surface area contributed by atoms with E-state index in [-0.39, 0.29) is 10.8 Å². The van der Waals surface area contributed by atoms with Crippen molar-refractivity contribution < 1.29 is 0 Å². The lowest BCUT2D eigenvalue weighted by molar-refractivity contribution is 0.660. The Bertz CT molecular complexity index is 3680. The minimum Gasteiger partial charge on any atom is -0.309 e. The number of benzene rings is 9. The summed E-state index contributed by atoms with van der Waals surface area (Å²) in [6.45, 7) is 9.52. The number of fused-ring (bicyclic) bond motifs is 12. The molecular weight excluding hydrogens is 749 g/mol. The Morgan fingerprint density at radius 1 is 0.290 bits per heavy atom. The summed E-state index contributed by atoms with van der Waals surface area (Å²) in [6.07, 6.45) is 0. The van der Waals surface area contributed by atoms with Gasteiger partial charge in [-0.1, -0.05) is 155 Å². The molecule has 62 heavy (non-hydrogen) atoms. The normalized spacial score (nSPS) is 14.4. The maximum Gasteiger partial charge on any atom is 0.0544 e. The van der Waals surface area contributed by atoms with Crippen LogP contribution in [0.25, 0.3) is 99.5 Å². The van der Waals surface area contributed by atoms with Crippen LogP contribution in [-0.2, 0) is 10.8 Å². The molecule has 0 bridgehead atoms. The topological polar surface area (TPSA) is 9.86 Å². The second-order valence-electron chi connectivity index (χ2n) is 18.5. The van der Waals surface area contributed by atoms with Gasteiger partial charge in [-0.2, -0.15) is 0 Å². The molecule has 0 fully saturated rings. The SMILES string of the molecule is CC1(C)c2ccccc2-c2cc3c4ccccc4n(-c4cc(-c5ccc6c(c5)c5ccccc5n6-c5ccccc5)cc(-c5cccc6c5-c5ccccc5C6(C)C)c4)c3cc21. The number of rotatable bonds is 4. The predicted octanol–water partition coefficient (Wildman–Crippen LogP) is 15.8. The molecule has 0 saturated heterocycles. The van der Waals surface area contributed by atoms with E-state index in [0.717, 1.165) is 5.69 Å². The summed E-state index contributed by atoms with van der Waals surface area (Å²) in [6, 6.07) is 72.9. The van der Waals surface area contributed by atoms with Crippen LogP contribution < -0.4 is 0 Å². The van der Waals surface area contributed by atoms with E-state index >= 15 is 0 Å². The molecule has 0 unspecified atom stereocenters. The highest BCUT2D eigenvalue weighted by Crippen LogP contribution is 2.54. The van der Waals surface area contributed by atoms with E-state index in [4.69, 9.17) is 0 Å². The maximum absolute atomic E-state index is 2.54. The number of hydrogen-bond donors (Lipinski definition) is 0. The molecule has 13 rings (SSSR count). The van der Waals surface area contributed by atoms with Crippen molar-refractivity contribution in [3.8, 4) is 55.9 Å². The first-order chi connectivity index (χ1) is 30.3. The highest BCUT2D eigenvalue weighted by Gasteiger charge is 2.38. The van der Waals surface area contributed by atoms with Crippen LogP contribution in [0.4, 0.5) is 0 Å². The zero-order valence-corrected chi connectivity index (χ0v) is 35.4. The van der Waals surface area contributed by atoms with E-state index in [1.165, 1.54) is 116 Å². The van der Waals surface area contributed by atoms with Crippen molar-refractivity contribution in [2.75, 3.05) is 0 Å². The summed E-state index contributed by atoms with van der Waals surface area (Å²) in [4.78, 5) is 0. The number of aromatic nitrogens is 2. The third-order valence-corrected chi connectivity index (χ3v) is 14.5. The Morgan fingerprint density at radius 2 is 0.839 bits per heavy atom. The molecule has 2 aliphatic carbocycles. The third kappa shape index (κ3) is 4.75. The minimum absolute atomic E-state index is 0.0992. The second-order valence-corrected chi connectivity index (χ2v) is 18.5. The van der Waals surface area contributed by atoms with E-state index in [1.54, 1.807) is 0 Å². The van der Waals surface area contributed by atoms with Gasteiger partial charge in [0.15, 0.2) is 0 Å². The molecule has 0 aliphatic heterocycles. The fourth-order valence-corrected chi connectivity index (χ4v) is 11.5. The van der Waals surface area contributed by atoms with Crippen molar-refractivity contribution in [1.82, 2.24) is 9.13 Å². The molecule has 0 saturated carbocycles. The second kappa shape index (κ2) is 12.6. The Balaban J connectivity index is 1.11. The average Bonchev–Trinajstić information content (AvgIpc) is 3.97. The van der Waals surface area contributed by atoms with Crippen LogP contribution in [-0.4, -0.2) is 9.13 Å². The largest absolute Gasteiger partial charge is 0.309 e. The van der Waals surface area contributed by atoms with Gasteiger partial charge in [0.1, 0.15) is 0 Å². The minimum atomic E-state index is -0.118. The fourth-order valence-electron chi connectivity index (χ4n) is 11.5. The van der Waals surface area contributed by atoms with Gasteiger partial charge in [0, 0.05) is 43.7 Å². The molecule has 2 heteroatoms. The van der Waals surface area contributed by atoms with Crippen LogP contribution in [0.3, 0.4) is 0 Å².